The van der Waals surface area contributed by atoms with E-state index in [0.29, 0.717) is 12.8 Å². The second kappa shape index (κ2) is 4.94. The molecule has 2 aliphatic rings. The Morgan fingerprint density at radius 1 is 1.21 bits per heavy atom. The third kappa shape index (κ3) is 2.05. The third-order valence-corrected chi connectivity index (χ3v) is 4.83. The topological polar surface area (TPSA) is 66.5 Å². The Balaban J connectivity index is 2.31. The number of urea groups is 1. The van der Waals surface area contributed by atoms with Crippen LogP contribution in [0.1, 0.15) is 52.9 Å². The minimum atomic E-state index is -0.977. The van der Waals surface area contributed by atoms with Crippen molar-refractivity contribution in [3.8, 4) is 0 Å². The first-order chi connectivity index (χ1) is 8.94. The lowest BCUT2D eigenvalue weighted by Gasteiger charge is -2.41. The van der Waals surface area contributed by atoms with Crippen LogP contribution in [0.5, 0.6) is 0 Å². The van der Waals surface area contributed by atoms with Crippen LogP contribution < -0.4 is 5.32 Å². The minimum absolute atomic E-state index is 0.178. The predicted octanol–water partition coefficient (Wildman–Crippen LogP) is 2.06. The summed E-state index contributed by atoms with van der Waals surface area (Å²) < 4.78 is 0. The van der Waals surface area contributed by atoms with Crippen LogP contribution >= 0.6 is 0 Å². The largest absolute Gasteiger partial charge is 0.331 e. The van der Waals surface area contributed by atoms with Gasteiger partial charge in [0, 0.05) is 6.04 Å². The van der Waals surface area contributed by atoms with E-state index in [2.05, 4.69) is 5.32 Å². The van der Waals surface area contributed by atoms with Gasteiger partial charge in [-0.15, -0.1) is 0 Å². The molecule has 0 radical (unpaired) electrons. The van der Waals surface area contributed by atoms with Gasteiger partial charge in [-0.3, -0.25) is 19.8 Å². The number of hydrogen-bond donors (Lipinski definition) is 1. The molecule has 1 spiro atoms. The van der Waals surface area contributed by atoms with Gasteiger partial charge in [0.2, 0.25) is 11.8 Å². The molecule has 0 aromatic rings. The number of carbonyl (C=O) groups excluding carboxylic acids is 3. The van der Waals surface area contributed by atoms with Gasteiger partial charge in [-0.05, 0) is 25.7 Å². The standard InChI is InChI=1S/C14H22N2O3/c1-4-9(2)10(3)16-12(18)14(7-5-6-8-14)11(17)15-13(16)19/h9-10H,4-8H2,1-3H3,(H,15,17,19). The SMILES string of the molecule is CCC(C)C(C)N1C(=O)NC(=O)C2(CCCC2)C1=O. The molecule has 19 heavy (non-hydrogen) atoms. The summed E-state index contributed by atoms with van der Waals surface area (Å²) in [5.74, 6) is -0.458. The number of hydrogen-bond acceptors (Lipinski definition) is 3. The summed E-state index contributed by atoms with van der Waals surface area (Å²) in [6.45, 7) is 5.93. The van der Waals surface area contributed by atoms with Crippen molar-refractivity contribution >= 4 is 17.8 Å². The van der Waals surface area contributed by atoms with Crippen molar-refractivity contribution in [2.45, 2.75) is 58.9 Å². The van der Waals surface area contributed by atoms with Gasteiger partial charge in [-0.2, -0.15) is 0 Å². The summed E-state index contributed by atoms with van der Waals surface area (Å²) in [5.41, 5.74) is -0.977. The van der Waals surface area contributed by atoms with Crippen LogP contribution in [-0.4, -0.2) is 28.8 Å². The van der Waals surface area contributed by atoms with Crippen molar-refractivity contribution < 1.29 is 14.4 Å². The fraction of sp³-hybridized carbons (Fsp3) is 0.786. The Bertz CT molecular complexity index is 413. The lowest BCUT2D eigenvalue weighted by molar-refractivity contribution is -0.153. The molecule has 1 saturated carbocycles. The van der Waals surface area contributed by atoms with Crippen LogP contribution in [0.2, 0.25) is 0 Å². The van der Waals surface area contributed by atoms with Gasteiger partial charge in [-0.1, -0.05) is 33.1 Å². The van der Waals surface area contributed by atoms with Crippen LogP contribution in [0.4, 0.5) is 4.79 Å². The maximum Gasteiger partial charge on any atom is 0.331 e. The monoisotopic (exact) mass is 266 g/mol. The van der Waals surface area contributed by atoms with E-state index in [4.69, 9.17) is 0 Å². The molecule has 1 aliphatic heterocycles. The molecule has 106 valence electrons. The summed E-state index contributed by atoms with van der Waals surface area (Å²) in [6.07, 6.45) is 3.76. The lowest BCUT2D eigenvalue weighted by atomic mass is 9.81. The van der Waals surface area contributed by atoms with E-state index in [1.54, 1.807) is 0 Å². The smallest absolute Gasteiger partial charge is 0.277 e. The highest BCUT2D eigenvalue weighted by atomic mass is 16.2. The van der Waals surface area contributed by atoms with Crippen molar-refractivity contribution in [2.75, 3.05) is 0 Å². The first kappa shape index (κ1) is 14.0. The molecule has 2 rings (SSSR count). The molecule has 1 heterocycles. The molecule has 2 fully saturated rings. The van der Waals surface area contributed by atoms with E-state index in [0.717, 1.165) is 19.3 Å². The van der Waals surface area contributed by atoms with Crippen molar-refractivity contribution in [1.29, 1.82) is 0 Å². The van der Waals surface area contributed by atoms with Crippen molar-refractivity contribution in [2.24, 2.45) is 11.3 Å². The predicted molar refractivity (Wildman–Crippen MR) is 70.2 cm³/mol. The molecule has 5 heteroatoms. The summed E-state index contributed by atoms with van der Waals surface area (Å²) in [5, 5.41) is 2.38. The maximum absolute atomic E-state index is 12.7. The van der Waals surface area contributed by atoms with Gasteiger partial charge in [0.1, 0.15) is 5.41 Å². The number of rotatable bonds is 3. The van der Waals surface area contributed by atoms with Crippen molar-refractivity contribution in [3.05, 3.63) is 0 Å². The Labute approximate surface area is 113 Å². The molecule has 2 unspecified atom stereocenters. The summed E-state index contributed by atoms with van der Waals surface area (Å²) >= 11 is 0. The molecule has 0 aromatic carbocycles. The second-order valence-electron chi connectivity index (χ2n) is 5.85. The highest BCUT2D eigenvalue weighted by molar-refractivity contribution is 6.19. The fourth-order valence-electron chi connectivity index (χ4n) is 3.08. The summed E-state index contributed by atoms with van der Waals surface area (Å²) in [4.78, 5) is 38.0. The normalized spacial score (nSPS) is 25.6. The molecule has 1 saturated heterocycles. The molecule has 0 bridgehead atoms. The van der Waals surface area contributed by atoms with Crippen LogP contribution in [0.25, 0.3) is 0 Å². The Morgan fingerprint density at radius 3 is 2.32 bits per heavy atom. The number of barbiturate groups is 1. The van der Waals surface area contributed by atoms with Gasteiger partial charge in [0.25, 0.3) is 0 Å². The molecule has 1 aliphatic carbocycles. The Kier molecular flexibility index (Phi) is 3.65. The van der Waals surface area contributed by atoms with Crippen molar-refractivity contribution in [1.82, 2.24) is 10.2 Å². The fourth-order valence-corrected chi connectivity index (χ4v) is 3.08. The first-order valence-electron chi connectivity index (χ1n) is 7.13. The second-order valence-corrected chi connectivity index (χ2v) is 5.85. The average molecular weight is 266 g/mol. The molecular formula is C14H22N2O3. The Morgan fingerprint density at radius 2 is 1.79 bits per heavy atom. The zero-order valence-corrected chi connectivity index (χ0v) is 11.9. The van der Waals surface area contributed by atoms with Gasteiger partial charge in [-0.25, -0.2) is 4.79 Å². The number of imide groups is 2. The molecule has 4 amide bonds. The van der Waals surface area contributed by atoms with Crippen LogP contribution in [0.15, 0.2) is 0 Å². The van der Waals surface area contributed by atoms with Gasteiger partial charge in [0.15, 0.2) is 0 Å². The third-order valence-electron chi connectivity index (χ3n) is 4.83. The van der Waals surface area contributed by atoms with E-state index >= 15 is 0 Å². The van der Waals surface area contributed by atoms with E-state index in [-0.39, 0.29) is 17.9 Å². The number of nitrogens with one attached hydrogen (secondary N) is 1. The zero-order valence-electron chi connectivity index (χ0n) is 11.9. The summed E-state index contributed by atoms with van der Waals surface area (Å²) in [7, 11) is 0. The lowest BCUT2D eigenvalue weighted by Crippen LogP contribution is -2.65. The maximum atomic E-state index is 12.7. The molecule has 1 N–H and O–H groups in total. The van der Waals surface area contributed by atoms with Gasteiger partial charge >= 0.3 is 6.03 Å². The molecule has 0 aromatic heterocycles. The molecular weight excluding hydrogens is 244 g/mol. The molecule has 5 nitrogen and oxygen atoms in total. The number of nitrogens with zero attached hydrogens (tertiary/aromatic N) is 1. The van der Waals surface area contributed by atoms with Gasteiger partial charge < -0.3 is 0 Å². The first-order valence-corrected chi connectivity index (χ1v) is 7.13. The number of amides is 4. The minimum Gasteiger partial charge on any atom is -0.277 e. The molecule has 2 atom stereocenters. The van der Waals surface area contributed by atoms with E-state index < -0.39 is 17.4 Å². The van der Waals surface area contributed by atoms with E-state index in [1.165, 1.54) is 4.90 Å². The van der Waals surface area contributed by atoms with Crippen LogP contribution in [-0.2, 0) is 9.59 Å². The van der Waals surface area contributed by atoms with Crippen molar-refractivity contribution in [3.63, 3.8) is 0 Å². The zero-order chi connectivity index (χ0) is 14.2. The highest BCUT2D eigenvalue weighted by Gasteiger charge is 2.56. The average Bonchev–Trinajstić information content (AvgIpc) is 2.86. The van der Waals surface area contributed by atoms with E-state index in [9.17, 15) is 14.4 Å². The van der Waals surface area contributed by atoms with Crippen LogP contribution in [0.3, 0.4) is 0 Å². The Hall–Kier alpha value is -1.39. The van der Waals surface area contributed by atoms with Crippen LogP contribution in [0, 0.1) is 11.3 Å². The number of carbonyl (C=O) groups is 3. The quantitative estimate of drug-likeness (QED) is 0.795. The van der Waals surface area contributed by atoms with Gasteiger partial charge in [0.05, 0.1) is 0 Å². The van der Waals surface area contributed by atoms with E-state index in [1.807, 2.05) is 20.8 Å². The summed E-state index contributed by atoms with van der Waals surface area (Å²) in [6, 6.07) is -0.733. The highest BCUT2D eigenvalue weighted by Crippen LogP contribution is 2.42.